The topological polar surface area (TPSA) is 12.0 Å². The van der Waals surface area contributed by atoms with Gasteiger partial charge in [0.05, 0.1) is 0 Å². The second kappa shape index (κ2) is 5.53. The molecule has 0 aromatic carbocycles. The lowest BCUT2D eigenvalue weighted by atomic mass is 9.73. The molecule has 0 amide bonds. The van der Waals surface area contributed by atoms with Gasteiger partial charge in [0.1, 0.15) is 0 Å². The highest BCUT2D eigenvalue weighted by molar-refractivity contribution is 7.12. The molecule has 0 saturated heterocycles. The highest BCUT2D eigenvalue weighted by Gasteiger charge is 2.30. The smallest absolute Gasteiger partial charge is 0.0441 e. The van der Waals surface area contributed by atoms with E-state index in [-0.39, 0.29) is 0 Å². The van der Waals surface area contributed by atoms with Crippen LogP contribution in [0.4, 0.5) is 0 Å². The Morgan fingerprint density at radius 1 is 1.18 bits per heavy atom. The largest absolute Gasteiger partial charge is 0.312 e. The first kappa shape index (κ1) is 13.1. The lowest BCUT2D eigenvalue weighted by molar-refractivity contribution is 0.182. The molecular weight excluding hydrogens is 226 g/mol. The first-order valence-electron chi connectivity index (χ1n) is 6.83. The molecule has 17 heavy (non-hydrogen) atoms. The second-order valence-electron chi connectivity index (χ2n) is 5.89. The zero-order valence-electron chi connectivity index (χ0n) is 11.5. The predicted molar refractivity (Wildman–Crippen MR) is 76.5 cm³/mol. The van der Waals surface area contributed by atoms with Gasteiger partial charge in [0.25, 0.3) is 0 Å². The summed E-state index contributed by atoms with van der Waals surface area (Å²) in [5, 5.41) is 3.55. The molecule has 3 unspecified atom stereocenters. The second-order valence-corrected chi connectivity index (χ2v) is 7.21. The van der Waals surface area contributed by atoms with Gasteiger partial charge in [-0.15, -0.1) is 11.3 Å². The number of rotatable bonds is 3. The molecule has 0 aliphatic heterocycles. The van der Waals surface area contributed by atoms with Crippen LogP contribution in [-0.2, 0) is 0 Å². The highest BCUT2D eigenvalue weighted by atomic mass is 32.1. The third kappa shape index (κ3) is 3.11. The third-order valence-electron chi connectivity index (χ3n) is 4.07. The Morgan fingerprint density at radius 2 is 1.82 bits per heavy atom. The Hall–Kier alpha value is -0.340. The van der Waals surface area contributed by atoms with Crippen molar-refractivity contribution in [2.24, 2.45) is 17.8 Å². The highest BCUT2D eigenvalue weighted by Crippen LogP contribution is 2.41. The lowest BCUT2D eigenvalue weighted by Gasteiger charge is -2.36. The summed E-state index contributed by atoms with van der Waals surface area (Å²) in [6.07, 6.45) is 4.18. The summed E-state index contributed by atoms with van der Waals surface area (Å²) < 4.78 is 0. The van der Waals surface area contributed by atoms with Crippen LogP contribution in [0, 0.1) is 24.7 Å². The molecule has 0 radical (unpaired) electrons. The van der Waals surface area contributed by atoms with Crippen molar-refractivity contribution in [3.8, 4) is 0 Å². The van der Waals surface area contributed by atoms with Gasteiger partial charge >= 0.3 is 0 Å². The molecule has 0 spiro atoms. The molecule has 1 fully saturated rings. The van der Waals surface area contributed by atoms with Gasteiger partial charge in [-0.05, 0) is 63.1 Å². The van der Waals surface area contributed by atoms with Crippen molar-refractivity contribution in [2.75, 3.05) is 7.05 Å². The van der Waals surface area contributed by atoms with Crippen molar-refractivity contribution in [3.63, 3.8) is 0 Å². The fraction of sp³-hybridized carbons (Fsp3) is 0.733. The van der Waals surface area contributed by atoms with E-state index >= 15 is 0 Å². The van der Waals surface area contributed by atoms with Crippen LogP contribution in [0.15, 0.2) is 12.1 Å². The van der Waals surface area contributed by atoms with Crippen molar-refractivity contribution in [3.05, 3.63) is 21.9 Å². The molecule has 1 heterocycles. The molecule has 1 nitrogen and oxygen atoms in total. The van der Waals surface area contributed by atoms with Crippen molar-refractivity contribution < 1.29 is 0 Å². The Kier molecular flexibility index (Phi) is 4.26. The minimum atomic E-state index is 0.568. The standard InChI is InChI=1S/C15H25NS/c1-10-7-11(2)9-13(8-10)15(16-4)14-6-5-12(3)17-14/h5-6,10-11,13,15-16H,7-9H2,1-4H3. The molecule has 3 atom stereocenters. The van der Waals surface area contributed by atoms with E-state index in [0.717, 1.165) is 17.8 Å². The molecule has 1 saturated carbocycles. The Morgan fingerprint density at radius 3 is 2.29 bits per heavy atom. The molecule has 1 aromatic heterocycles. The summed E-state index contributed by atoms with van der Waals surface area (Å²) in [6.45, 7) is 7.02. The van der Waals surface area contributed by atoms with Crippen LogP contribution < -0.4 is 5.32 Å². The Labute approximate surface area is 110 Å². The van der Waals surface area contributed by atoms with Gasteiger partial charge in [0, 0.05) is 15.8 Å². The van der Waals surface area contributed by atoms with Crippen LogP contribution in [0.25, 0.3) is 0 Å². The Bertz CT molecular complexity index is 348. The number of aryl methyl sites for hydroxylation is 1. The van der Waals surface area contributed by atoms with Crippen molar-refractivity contribution >= 4 is 11.3 Å². The minimum Gasteiger partial charge on any atom is -0.312 e. The van der Waals surface area contributed by atoms with Crippen LogP contribution in [0.3, 0.4) is 0 Å². The van der Waals surface area contributed by atoms with Crippen LogP contribution in [0.1, 0.15) is 48.9 Å². The molecule has 1 aromatic rings. The van der Waals surface area contributed by atoms with Crippen molar-refractivity contribution in [1.29, 1.82) is 0 Å². The first-order valence-corrected chi connectivity index (χ1v) is 7.65. The Balaban J connectivity index is 2.12. The monoisotopic (exact) mass is 251 g/mol. The molecule has 2 heteroatoms. The summed E-state index contributed by atoms with van der Waals surface area (Å²) in [7, 11) is 2.11. The predicted octanol–water partition coefficient (Wildman–Crippen LogP) is 4.39. The lowest BCUT2D eigenvalue weighted by Crippen LogP contribution is -2.30. The maximum Gasteiger partial charge on any atom is 0.0441 e. The minimum absolute atomic E-state index is 0.568. The van der Waals surface area contributed by atoms with Gasteiger partial charge in [0.15, 0.2) is 0 Å². The molecule has 0 bridgehead atoms. The average molecular weight is 251 g/mol. The van der Waals surface area contributed by atoms with E-state index in [4.69, 9.17) is 0 Å². The van der Waals surface area contributed by atoms with Gasteiger partial charge in [0.2, 0.25) is 0 Å². The van der Waals surface area contributed by atoms with E-state index in [1.54, 1.807) is 0 Å². The first-order chi connectivity index (χ1) is 8.10. The molecule has 1 aliphatic rings. The van der Waals surface area contributed by atoms with Gasteiger partial charge in [-0.2, -0.15) is 0 Å². The molecular formula is C15H25NS. The van der Waals surface area contributed by atoms with Crippen LogP contribution in [0.2, 0.25) is 0 Å². The van der Waals surface area contributed by atoms with E-state index in [2.05, 4.69) is 45.3 Å². The zero-order valence-corrected chi connectivity index (χ0v) is 12.3. The molecule has 1 N–H and O–H groups in total. The summed E-state index contributed by atoms with van der Waals surface area (Å²) in [6, 6.07) is 5.13. The van der Waals surface area contributed by atoms with Crippen molar-refractivity contribution in [1.82, 2.24) is 5.32 Å². The number of hydrogen-bond donors (Lipinski definition) is 1. The quantitative estimate of drug-likeness (QED) is 0.840. The number of hydrogen-bond acceptors (Lipinski definition) is 2. The fourth-order valence-electron chi connectivity index (χ4n) is 3.51. The van der Waals surface area contributed by atoms with Crippen LogP contribution >= 0.6 is 11.3 Å². The maximum absolute atomic E-state index is 3.55. The van der Waals surface area contributed by atoms with E-state index in [0.29, 0.717) is 6.04 Å². The molecule has 1 aliphatic carbocycles. The third-order valence-corrected chi connectivity index (χ3v) is 5.15. The van der Waals surface area contributed by atoms with Gasteiger partial charge in [-0.25, -0.2) is 0 Å². The van der Waals surface area contributed by atoms with Crippen molar-refractivity contribution in [2.45, 2.75) is 46.1 Å². The van der Waals surface area contributed by atoms with Gasteiger partial charge in [-0.1, -0.05) is 13.8 Å². The summed E-state index contributed by atoms with van der Waals surface area (Å²) in [5.41, 5.74) is 0. The normalized spacial score (nSPS) is 31.4. The van der Waals surface area contributed by atoms with E-state index in [1.807, 2.05) is 11.3 Å². The number of nitrogens with one attached hydrogen (secondary N) is 1. The van der Waals surface area contributed by atoms with E-state index in [1.165, 1.54) is 29.0 Å². The van der Waals surface area contributed by atoms with Crippen LogP contribution in [-0.4, -0.2) is 7.05 Å². The molecule has 2 rings (SSSR count). The SMILES string of the molecule is CNC(c1ccc(C)s1)C1CC(C)CC(C)C1. The van der Waals surface area contributed by atoms with Gasteiger partial charge < -0.3 is 5.32 Å². The van der Waals surface area contributed by atoms with Crippen LogP contribution in [0.5, 0.6) is 0 Å². The average Bonchev–Trinajstić information content (AvgIpc) is 2.64. The molecule has 96 valence electrons. The van der Waals surface area contributed by atoms with E-state index < -0.39 is 0 Å². The maximum atomic E-state index is 3.55. The summed E-state index contributed by atoms with van der Waals surface area (Å²) in [5.74, 6) is 2.60. The fourth-order valence-corrected chi connectivity index (χ4v) is 4.59. The van der Waals surface area contributed by atoms with E-state index in [9.17, 15) is 0 Å². The summed E-state index contributed by atoms with van der Waals surface area (Å²) in [4.78, 5) is 2.95. The summed E-state index contributed by atoms with van der Waals surface area (Å²) >= 11 is 1.95. The van der Waals surface area contributed by atoms with Gasteiger partial charge in [-0.3, -0.25) is 0 Å². The zero-order chi connectivity index (χ0) is 12.4. The number of thiophene rings is 1.